The van der Waals surface area contributed by atoms with Crippen molar-refractivity contribution in [2.45, 2.75) is 0 Å². The molecule has 5 nitrogen and oxygen atoms in total. The van der Waals surface area contributed by atoms with Gasteiger partial charge in [0.1, 0.15) is 16.2 Å². The van der Waals surface area contributed by atoms with Crippen LogP contribution < -0.4 is 5.32 Å². The molecule has 0 amide bonds. The van der Waals surface area contributed by atoms with Gasteiger partial charge in [-0.3, -0.25) is 0 Å². The van der Waals surface area contributed by atoms with E-state index in [-0.39, 0.29) is 0 Å². The minimum atomic E-state index is 0.376. The number of rotatable bonds is 2. The quantitative estimate of drug-likeness (QED) is 0.733. The lowest BCUT2D eigenvalue weighted by Gasteiger charge is -2.06. The number of pyridine rings is 1. The zero-order valence-corrected chi connectivity index (χ0v) is 11.0. The first-order valence-corrected chi connectivity index (χ1v) is 6.16. The maximum Gasteiger partial charge on any atom is 0.183 e. The van der Waals surface area contributed by atoms with Gasteiger partial charge in [0.25, 0.3) is 0 Å². The molecule has 3 rings (SSSR count). The van der Waals surface area contributed by atoms with Crippen molar-refractivity contribution >= 4 is 45.7 Å². The molecule has 1 N–H and O–H groups in total. The number of halogens is 2. The Morgan fingerprint density at radius 3 is 2.47 bits per heavy atom. The molecule has 0 fully saturated rings. The molecule has 0 saturated carbocycles. The number of fused-ring (bicyclic) bond motifs is 1. The Morgan fingerprint density at radius 1 is 0.895 bits per heavy atom. The monoisotopic (exact) mass is 291 g/mol. The summed E-state index contributed by atoms with van der Waals surface area (Å²) in [5.41, 5.74) is 2.02. The summed E-state index contributed by atoms with van der Waals surface area (Å²) in [4.78, 5) is 4.20. The third-order valence-electron chi connectivity index (χ3n) is 2.47. The Labute approximate surface area is 118 Å². The second-order valence-corrected chi connectivity index (χ2v) is 4.60. The third-order valence-corrected chi connectivity index (χ3v) is 2.93. The first-order chi connectivity index (χ1) is 9.22. The van der Waals surface area contributed by atoms with Gasteiger partial charge >= 0.3 is 0 Å². The topological polar surface area (TPSA) is 63.6 Å². The minimum Gasteiger partial charge on any atom is -0.337 e. The summed E-state index contributed by atoms with van der Waals surface area (Å²) in [6.45, 7) is 0. The lowest BCUT2D eigenvalue weighted by atomic mass is 10.3. The van der Waals surface area contributed by atoms with Crippen LogP contribution in [-0.4, -0.2) is 20.4 Å². The van der Waals surface area contributed by atoms with E-state index in [2.05, 4.69) is 25.7 Å². The van der Waals surface area contributed by atoms with Gasteiger partial charge in [0.05, 0.1) is 0 Å². The van der Waals surface area contributed by atoms with Crippen molar-refractivity contribution in [3.8, 4) is 0 Å². The standard InChI is InChI=1S/C12H7Cl2N5/c13-7-1-3-8(4-2-7)15-12-11-9(17-19-18-12)5-6-10(14)16-11/h1-6H,(H,15,17,18). The van der Waals surface area contributed by atoms with Crippen molar-refractivity contribution in [2.75, 3.05) is 5.32 Å². The second-order valence-electron chi connectivity index (χ2n) is 3.77. The van der Waals surface area contributed by atoms with Crippen molar-refractivity contribution in [3.05, 3.63) is 46.6 Å². The van der Waals surface area contributed by atoms with E-state index >= 15 is 0 Å². The zero-order chi connectivity index (χ0) is 13.2. The molecule has 0 spiro atoms. The van der Waals surface area contributed by atoms with Crippen LogP contribution in [0.1, 0.15) is 0 Å². The number of aromatic nitrogens is 4. The molecular formula is C12H7Cl2N5. The number of benzene rings is 1. The Balaban J connectivity index is 2.05. The largest absolute Gasteiger partial charge is 0.337 e. The summed E-state index contributed by atoms with van der Waals surface area (Å²) in [6.07, 6.45) is 0. The highest BCUT2D eigenvalue weighted by Crippen LogP contribution is 2.23. The smallest absolute Gasteiger partial charge is 0.183 e. The van der Waals surface area contributed by atoms with Gasteiger partial charge in [0, 0.05) is 10.7 Å². The predicted molar refractivity (Wildman–Crippen MR) is 74.9 cm³/mol. The molecule has 0 aliphatic rings. The lowest BCUT2D eigenvalue weighted by molar-refractivity contribution is 0.897. The highest BCUT2D eigenvalue weighted by atomic mass is 35.5. The van der Waals surface area contributed by atoms with E-state index < -0.39 is 0 Å². The fourth-order valence-electron chi connectivity index (χ4n) is 1.60. The van der Waals surface area contributed by atoms with Crippen LogP contribution in [0.3, 0.4) is 0 Å². The van der Waals surface area contributed by atoms with E-state index in [1.54, 1.807) is 24.3 Å². The summed E-state index contributed by atoms with van der Waals surface area (Å²) in [7, 11) is 0. The molecule has 0 saturated heterocycles. The van der Waals surface area contributed by atoms with E-state index in [1.165, 1.54) is 0 Å². The fourth-order valence-corrected chi connectivity index (χ4v) is 1.87. The van der Waals surface area contributed by atoms with Crippen molar-refractivity contribution < 1.29 is 0 Å². The van der Waals surface area contributed by atoms with Gasteiger partial charge in [-0.1, -0.05) is 23.2 Å². The molecule has 0 radical (unpaired) electrons. The number of anilines is 2. The molecule has 0 unspecified atom stereocenters. The summed E-state index contributed by atoms with van der Waals surface area (Å²) in [5.74, 6) is 0.495. The maximum atomic E-state index is 5.88. The lowest BCUT2D eigenvalue weighted by Crippen LogP contribution is -2.00. The van der Waals surface area contributed by atoms with E-state index in [0.29, 0.717) is 27.0 Å². The van der Waals surface area contributed by atoms with Gasteiger partial charge in [-0.05, 0) is 41.6 Å². The molecule has 2 aromatic heterocycles. The Morgan fingerprint density at radius 2 is 1.68 bits per heavy atom. The molecule has 2 heterocycles. The van der Waals surface area contributed by atoms with E-state index in [1.807, 2.05) is 12.1 Å². The normalized spacial score (nSPS) is 10.6. The van der Waals surface area contributed by atoms with Crippen molar-refractivity contribution in [1.82, 2.24) is 20.4 Å². The molecule has 0 atom stereocenters. The van der Waals surface area contributed by atoms with Gasteiger partial charge in [0.2, 0.25) is 0 Å². The summed E-state index contributed by atoms with van der Waals surface area (Å²) in [6, 6.07) is 10.6. The van der Waals surface area contributed by atoms with Crippen LogP contribution in [0.5, 0.6) is 0 Å². The van der Waals surface area contributed by atoms with Crippen molar-refractivity contribution in [3.63, 3.8) is 0 Å². The van der Waals surface area contributed by atoms with Crippen LogP contribution in [0.4, 0.5) is 11.5 Å². The summed E-state index contributed by atoms with van der Waals surface area (Å²) < 4.78 is 0. The number of hydrogen-bond acceptors (Lipinski definition) is 5. The highest BCUT2D eigenvalue weighted by Gasteiger charge is 2.07. The number of nitrogens with zero attached hydrogens (tertiary/aromatic N) is 4. The zero-order valence-electron chi connectivity index (χ0n) is 9.51. The molecule has 19 heavy (non-hydrogen) atoms. The number of nitrogens with one attached hydrogen (secondary N) is 1. The minimum absolute atomic E-state index is 0.376. The summed E-state index contributed by atoms with van der Waals surface area (Å²) in [5, 5.41) is 15.7. The van der Waals surface area contributed by atoms with Crippen molar-refractivity contribution in [2.24, 2.45) is 0 Å². The third kappa shape index (κ3) is 2.57. The SMILES string of the molecule is Clc1ccc(Nc2nnnc3ccc(Cl)nc23)cc1. The molecule has 7 heteroatoms. The first-order valence-electron chi connectivity index (χ1n) is 5.40. The molecule has 94 valence electrons. The second kappa shape index (κ2) is 4.95. The first kappa shape index (κ1) is 12.1. The van der Waals surface area contributed by atoms with Gasteiger partial charge in [-0.15, -0.1) is 10.2 Å². The Bertz CT molecular complexity index is 730. The molecule has 3 aromatic rings. The molecule has 0 bridgehead atoms. The van der Waals surface area contributed by atoms with E-state index in [9.17, 15) is 0 Å². The maximum absolute atomic E-state index is 5.88. The van der Waals surface area contributed by atoms with Crippen LogP contribution in [0.15, 0.2) is 36.4 Å². The van der Waals surface area contributed by atoms with Crippen LogP contribution in [0.25, 0.3) is 11.0 Å². The van der Waals surface area contributed by atoms with Crippen LogP contribution >= 0.6 is 23.2 Å². The fraction of sp³-hybridized carbons (Fsp3) is 0. The van der Waals surface area contributed by atoms with E-state index in [4.69, 9.17) is 23.2 Å². The average Bonchev–Trinajstić information content (AvgIpc) is 2.42. The van der Waals surface area contributed by atoms with Gasteiger partial charge < -0.3 is 5.32 Å². The highest BCUT2D eigenvalue weighted by molar-refractivity contribution is 6.30. The molecule has 0 aliphatic heterocycles. The van der Waals surface area contributed by atoms with Gasteiger partial charge in [0.15, 0.2) is 5.82 Å². The Hall–Kier alpha value is -1.98. The molecule has 1 aromatic carbocycles. The molecular weight excluding hydrogens is 285 g/mol. The van der Waals surface area contributed by atoms with Gasteiger partial charge in [-0.2, -0.15) is 0 Å². The van der Waals surface area contributed by atoms with Crippen molar-refractivity contribution in [1.29, 1.82) is 0 Å². The van der Waals surface area contributed by atoms with E-state index in [0.717, 1.165) is 5.69 Å². The van der Waals surface area contributed by atoms with Crippen LogP contribution in [0, 0.1) is 0 Å². The molecule has 0 aliphatic carbocycles. The average molecular weight is 292 g/mol. The van der Waals surface area contributed by atoms with Crippen LogP contribution in [0.2, 0.25) is 10.2 Å². The van der Waals surface area contributed by atoms with Crippen LogP contribution in [-0.2, 0) is 0 Å². The Kier molecular flexibility index (Phi) is 3.15. The summed E-state index contributed by atoms with van der Waals surface area (Å²) >= 11 is 11.7. The predicted octanol–water partition coefficient (Wildman–Crippen LogP) is 3.47. The van der Waals surface area contributed by atoms with Gasteiger partial charge in [-0.25, -0.2) is 4.98 Å². The number of hydrogen-bond donors (Lipinski definition) is 1.